The van der Waals surface area contributed by atoms with Gasteiger partial charge in [0.15, 0.2) is 15.6 Å². The quantitative estimate of drug-likeness (QED) is 0.576. The van der Waals surface area contributed by atoms with Gasteiger partial charge < -0.3 is 19.3 Å². The maximum atomic E-state index is 13.2. The average molecular weight is 483 g/mol. The van der Waals surface area contributed by atoms with E-state index in [-0.39, 0.29) is 47.3 Å². The summed E-state index contributed by atoms with van der Waals surface area (Å²) in [7, 11) is -3.47. The van der Waals surface area contributed by atoms with Gasteiger partial charge in [-0.05, 0) is 60.9 Å². The first kappa shape index (κ1) is 23.7. The number of hydrogen-bond donors (Lipinski definition) is 1. The second-order valence-electron chi connectivity index (χ2n) is 8.26. The predicted molar refractivity (Wildman–Crippen MR) is 129 cm³/mol. The zero-order chi connectivity index (χ0) is 24.5. The van der Waals surface area contributed by atoms with Gasteiger partial charge in [0.2, 0.25) is 5.91 Å². The minimum atomic E-state index is -3.47. The first-order valence-corrected chi connectivity index (χ1v) is 12.6. The number of rotatable bonds is 6. The Morgan fingerprint density at radius 1 is 1.06 bits per heavy atom. The average Bonchev–Trinajstić information content (AvgIpc) is 3.36. The predicted octanol–water partition coefficient (Wildman–Crippen LogP) is 3.50. The Hall–Kier alpha value is -3.43. The standard InChI is InChI=1S/C25H26N2O6S/c1-17-16-26(25(30)24-5-3-13-33-24)23-15-20(8-11-22(23)27(17)18(2)29)19-6-9-21(10-7-19)34(31,32)14-4-12-28/h3,5-11,13,15,17,28H,4,12,14,16H2,1-2H3/t17-/m0/s1. The first-order chi connectivity index (χ1) is 16.2. The van der Waals surface area contributed by atoms with Crippen LogP contribution in [-0.4, -0.2) is 50.3 Å². The molecule has 3 aromatic rings. The number of aliphatic hydroxyl groups excluding tert-OH is 1. The van der Waals surface area contributed by atoms with Gasteiger partial charge in [-0.1, -0.05) is 18.2 Å². The lowest BCUT2D eigenvalue weighted by molar-refractivity contribution is -0.117. The van der Waals surface area contributed by atoms with Crippen molar-refractivity contribution in [3.63, 3.8) is 0 Å². The molecule has 1 aliphatic rings. The van der Waals surface area contributed by atoms with Crippen LogP contribution in [0, 0.1) is 0 Å². The van der Waals surface area contributed by atoms with Crippen molar-refractivity contribution < 1.29 is 27.5 Å². The van der Waals surface area contributed by atoms with Gasteiger partial charge in [0.05, 0.1) is 34.3 Å². The number of hydrogen-bond acceptors (Lipinski definition) is 6. The molecule has 0 unspecified atom stereocenters. The van der Waals surface area contributed by atoms with Crippen molar-refractivity contribution in [1.29, 1.82) is 0 Å². The number of aliphatic hydroxyl groups is 1. The zero-order valence-corrected chi connectivity index (χ0v) is 19.8. The van der Waals surface area contributed by atoms with Crippen LogP contribution in [0.5, 0.6) is 0 Å². The third-order valence-electron chi connectivity index (χ3n) is 5.85. The molecule has 8 nitrogen and oxygen atoms in total. The summed E-state index contributed by atoms with van der Waals surface area (Å²) in [6.45, 7) is 3.50. The van der Waals surface area contributed by atoms with Crippen molar-refractivity contribution >= 4 is 33.0 Å². The third kappa shape index (κ3) is 4.49. The van der Waals surface area contributed by atoms with Crippen molar-refractivity contribution in [3.8, 4) is 11.1 Å². The molecule has 1 N–H and O–H groups in total. The fraction of sp³-hybridized carbons (Fsp3) is 0.280. The molecule has 0 saturated carbocycles. The lowest BCUT2D eigenvalue weighted by atomic mass is 10.0. The van der Waals surface area contributed by atoms with Gasteiger partial charge in [-0.3, -0.25) is 9.59 Å². The van der Waals surface area contributed by atoms with Gasteiger partial charge in [0.1, 0.15) is 0 Å². The van der Waals surface area contributed by atoms with E-state index in [0.717, 1.165) is 11.1 Å². The van der Waals surface area contributed by atoms with E-state index in [1.54, 1.807) is 40.1 Å². The number of fused-ring (bicyclic) bond motifs is 1. The molecular weight excluding hydrogens is 456 g/mol. The molecule has 0 saturated heterocycles. The summed E-state index contributed by atoms with van der Waals surface area (Å²) in [4.78, 5) is 29.0. The van der Waals surface area contributed by atoms with E-state index in [1.807, 2.05) is 19.1 Å². The largest absolute Gasteiger partial charge is 0.459 e. The normalized spacial score (nSPS) is 15.8. The third-order valence-corrected chi connectivity index (χ3v) is 7.66. The second-order valence-corrected chi connectivity index (χ2v) is 10.4. The van der Waals surface area contributed by atoms with Crippen molar-refractivity contribution in [2.75, 3.05) is 28.7 Å². The number of benzene rings is 2. The highest BCUT2D eigenvalue weighted by Crippen LogP contribution is 2.39. The number of amides is 2. The Labute approximate surface area is 198 Å². The Kier molecular flexibility index (Phi) is 6.58. The molecule has 178 valence electrons. The van der Waals surface area contributed by atoms with Crippen LogP contribution in [0.25, 0.3) is 11.1 Å². The molecule has 2 heterocycles. The first-order valence-electron chi connectivity index (χ1n) is 11.0. The number of nitrogens with zero attached hydrogens (tertiary/aromatic N) is 2. The van der Waals surface area contributed by atoms with Crippen LogP contribution in [0.3, 0.4) is 0 Å². The molecular formula is C25H26N2O6S. The molecule has 0 fully saturated rings. The Balaban J connectivity index is 1.74. The summed E-state index contributed by atoms with van der Waals surface area (Å²) in [5.41, 5.74) is 2.74. The van der Waals surface area contributed by atoms with Crippen LogP contribution >= 0.6 is 0 Å². The molecule has 4 rings (SSSR count). The zero-order valence-electron chi connectivity index (χ0n) is 19.0. The maximum absolute atomic E-state index is 13.2. The van der Waals surface area contributed by atoms with Gasteiger partial charge in [0, 0.05) is 20.1 Å². The molecule has 2 amide bonds. The van der Waals surface area contributed by atoms with E-state index < -0.39 is 9.84 Å². The molecule has 0 spiro atoms. The van der Waals surface area contributed by atoms with Crippen LogP contribution in [0.1, 0.15) is 30.8 Å². The maximum Gasteiger partial charge on any atom is 0.294 e. The molecule has 1 atom stereocenters. The Bertz CT molecular complexity index is 1300. The van der Waals surface area contributed by atoms with E-state index in [2.05, 4.69) is 0 Å². The van der Waals surface area contributed by atoms with Gasteiger partial charge in [-0.2, -0.15) is 0 Å². The van der Waals surface area contributed by atoms with Crippen molar-refractivity contribution in [2.24, 2.45) is 0 Å². The summed E-state index contributed by atoms with van der Waals surface area (Å²) in [6, 6.07) is 15.0. The van der Waals surface area contributed by atoms with Crippen LogP contribution in [0.4, 0.5) is 11.4 Å². The number of sulfone groups is 1. The van der Waals surface area contributed by atoms with Crippen LogP contribution in [-0.2, 0) is 14.6 Å². The summed E-state index contributed by atoms with van der Waals surface area (Å²) < 4.78 is 30.1. The summed E-state index contributed by atoms with van der Waals surface area (Å²) >= 11 is 0. The topological polar surface area (TPSA) is 108 Å². The van der Waals surface area contributed by atoms with E-state index in [1.165, 1.54) is 25.3 Å². The summed E-state index contributed by atoms with van der Waals surface area (Å²) in [5.74, 6) is -0.338. The monoisotopic (exact) mass is 482 g/mol. The Morgan fingerprint density at radius 3 is 2.38 bits per heavy atom. The van der Waals surface area contributed by atoms with Crippen LogP contribution in [0.2, 0.25) is 0 Å². The van der Waals surface area contributed by atoms with Gasteiger partial charge in [-0.15, -0.1) is 0 Å². The molecule has 0 bridgehead atoms. The van der Waals surface area contributed by atoms with Crippen LogP contribution in [0.15, 0.2) is 70.2 Å². The molecule has 9 heteroatoms. The Morgan fingerprint density at radius 2 is 1.76 bits per heavy atom. The lowest BCUT2D eigenvalue weighted by Gasteiger charge is -2.40. The highest BCUT2D eigenvalue weighted by molar-refractivity contribution is 7.91. The van der Waals surface area contributed by atoms with Crippen molar-refractivity contribution in [2.45, 2.75) is 31.2 Å². The highest BCUT2D eigenvalue weighted by atomic mass is 32.2. The van der Waals surface area contributed by atoms with Gasteiger partial charge in [-0.25, -0.2) is 8.42 Å². The van der Waals surface area contributed by atoms with Gasteiger partial charge >= 0.3 is 0 Å². The summed E-state index contributed by atoms with van der Waals surface area (Å²) in [6.07, 6.45) is 1.62. The van der Waals surface area contributed by atoms with E-state index in [9.17, 15) is 18.0 Å². The molecule has 0 radical (unpaired) electrons. The number of furan rings is 1. The molecule has 2 aromatic carbocycles. The molecule has 1 aliphatic heterocycles. The second kappa shape index (κ2) is 9.44. The number of anilines is 2. The number of carbonyl (C=O) groups excluding carboxylic acids is 2. The minimum Gasteiger partial charge on any atom is -0.459 e. The van der Waals surface area contributed by atoms with E-state index in [0.29, 0.717) is 17.9 Å². The van der Waals surface area contributed by atoms with Crippen molar-refractivity contribution in [3.05, 3.63) is 66.6 Å². The molecule has 34 heavy (non-hydrogen) atoms. The molecule has 1 aromatic heterocycles. The van der Waals surface area contributed by atoms with Crippen LogP contribution < -0.4 is 9.80 Å². The SMILES string of the molecule is CC(=O)N1c2ccc(-c3ccc(S(=O)(=O)CCCO)cc3)cc2N(C(=O)c2ccco2)C[C@@H]1C. The van der Waals surface area contributed by atoms with E-state index >= 15 is 0 Å². The lowest BCUT2D eigenvalue weighted by Crippen LogP contribution is -2.51. The smallest absolute Gasteiger partial charge is 0.294 e. The van der Waals surface area contributed by atoms with Gasteiger partial charge in [0.25, 0.3) is 5.91 Å². The number of carbonyl (C=O) groups is 2. The highest BCUT2D eigenvalue weighted by Gasteiger charge is 2.35. The fourth-order valence-electron chi connectivity index (χ4n) is 4.24. The minimum absolute atomic E-state index is 0.120. The summed E-state index contributed by atoms with van der Waals surface area (Å²) in [5, 5.41) is 8.93. The fourth-order valence-corrected chi connectivity index (χ4v) is 5.53. The van der Waals surface area contributed by atoms with Crippen molar-refractivity contribution in [1.82, 2.24) is 0 Å². The molecule has 0 aliphatic carbocycles. The van der Waals surface area contributed by atoms with E-state index in [4.69, 9.17) is 9.52 Å².